The van der Waals surface area contributed by atoms with Gasteiger partial charge in [-0.05, 0) is 36.6 Å². The topological polar surface area (TPSA) is 72.2 Å². The van der Waals surface area contributed by atoms with Gasteiger partial charge in [0.25, 0.3) is 5.91 Å². The molecule has 0 aliphatic carbocycles. The van der Waals surface area contributed by atoms with Crippen molar-refractivity contribution in [2.45, 2.75) is 6.92 Å². The summed E-state index contributed by atoms with van der Waals surface area (Å²) in [6, 6.07) is 16.4. The second kappa shape index (κ2) is 5.87. The van der Waals surface area contributed by atoms with E-state index in [1.54, 1.807) is 24.4 Å². The number of pyridine rings is 1. The lowest BCUT2D eigenvalue weighted by Crippen LogP contribution is -2.15. The molecule has 1 N–H and O–H groups in total. The van der Waals surface area contributed by atoms with Crippen molar-refractivity contribution >= 4 is 33.3 Å². The van der Waals surface area contributed by atoms with Crippen molar-refractivity contribution < 1.29 is 9.21 Å². The minimum atomic E-state index is -0.525. The molecule has 0 atom stereocenters. The Morgan fingerprint density at radius 2 is 1.88 bits per heavy atom. The Morgan fingerprint density at radius 3 is 2.76 bits per heavy atom. The summed E-state index contributed by atoms with van der Waals surface area (Å²) in [5.74, 6) is -0.522. The molecule has 0 bridgehead atoms. The lowest BCUT2D eigenvalue weighted by atomic mass is 10.1. The van der Waals surface area contributed by atoms with E-state index < -0.39 is 11.5 Å². The number of benzene rings is 2. The van der Waals surface area contributed by atoms with Gasteiger partial charge in [0.05, 0.1) is 22.8 Å². The molecular weight excluding hydrogens is 316 g/mol. The third-order valence-corrected chi connectivity index (χ3v) is 3.99. The molecule has 4 rings (SSSR count). The molecule has 0 saturated heterocycles. The van der Waals surface area contributed by atoms with Gasteiger partial charge < -0.3 is 9.73 Å². The molecule has 0 spiro atoms. The van der Waals surface area contributed by atoms with E-state index in [0.717, 1.165) is 16.5 Å². The van der Waals surface area contributed by atoms with Crippen LogP contribution in [0.4, 0.5) is 5.69 Å². The number of rotatable bonds is 2. The fraction of sp³-hybridized carbons (Fsp3) is 0.0500. The maximum absolute atomic E-state index is 12.4. The molecule has 2 aromatic carbocycles. The van der Waals surface area contributed by atoms with E-state index in [9.17, 15) is 9.59 Å². The number of anilines is 1. The first-order chi connectivity index (χ1) is 12.1. The van der Waals surface area contributed by atoms with Crippen molar-refractivity contribution in [3.8, 4) is 0 Å². The standard InChI is InChI=1S/C20H14N2O3/c1-12-6-7-13-10-18(25-20(24)16(13)8-12)19(23)22-15-9-14-4-2-3-5-17(14)21-11-15/h2-11H,1H3,(H,22,23). The molecule has 2 heterocycles. The molecule has 0 saturated carbocycles. The van der Waals surface area contributed by atoms with E-state index in [1.807, 2.05) is 43.3 Å². The number of nitrogens with zero attached hydrogens (tertiary/aromatic N) is 1. The predicted molar refractivity (Wildman–Crippen MR) is 96.9 cm³/mol. The first-order valence-corrected chi connectivity index (χ1v) is 7.81. The summed E-state index contributed by atoms with van der Waals surface area (Å²) >= 11 is 0. The van der Waals surface area contributed by atoms with Gasteiger partial charge in [0.2, 0.25) is 0 Å². The van der Waals surface area contributed by atoms with E-state index in [2.05, 4.69) is 10.3 Å². The van der Waals surface area contributed by atoms with Gasteiger partial charge in [0, 0.05) is 5.39 Å². The Labute approximate surface area is 142 Å². The average Bonchev–Trinajstić information content (AvgIpc) is 2.62. The number of carbonyl (C=O) groups is 1. The van der Waals surface area contributed by atoms with Crippen molar-refractivity contribution in [3.63, 3.8) is 0 Å². The zero-order valence-corrected chi connectivity index (χ0v) is 13.4. The molecule has 4 aromatic rings. The van der Waals surface area contributed by atoms with Gasteiger partial charge in [0.1, 0.15) is 0 Å². The quantitative estimate of drug-likeness (QED) is 0.605. The summed E-state index contributed by atoms with van der Waals surface area (Å²) < 4.78 is 5.18. The van der Waals surface area contributed by atoms with E-state index >= 15 is 0 Å². The van der Waals surface area contributed by atoms with Gasteiger partial charge in [-0.15, -0.1) is 0 Å². The first kappa shape index (κ1) is 15.1. The highest BCUT2D eigenvalue weighted by molar-refractivity contribution is 6.04. The third kappa shape index (κ3) is 2.87. The fourth-order valence-corrected chi connectivity index (χ4v) is 2.74. The molecule has 0 aliphatic rings. The largest absolute Gasteiger partial charge is 0.417 e. The van der Waals surface area contributed by atoms with Gasteiger partial charge in [-0.1, -0.05) is 35.9 Å². The molecule has 0 radical (unpaired) electrons. The zero-order chi connectivity index (χ0) is 17.4. The Balaban J connectivity index is 1.69. The Kier molecular flexibility index (Phi) is 3.54. The van der Waals surface area contributed by atoms with Crippen molar-refractivity contribution in [2.24, 2.45) is 0 Å². The SMILES string of the molecule is Cc1ccc2cc(C(=O)Nc3cnc4ccccc4c3)oc(=O)c2c1. The molecule has 5 heteroatoms. The predicted octanol–water partition coefficient (Wildman–Crippen LogP) is 3.90. The molecule has 122 valence electrons. The number of amides is 1. The number of aromatic nitrogens is 1. The molecule has 25 heavy (non-hydrogen) atoms. The lowest BCUT2D eigenvalue weighted by Gasteiger charge is -2.06. The van der Waals surface area contributed by atoms with Crippen LogP contribution in [-0.4, -0.2) is 10.9 Å². The van der Waals surface area contributed by atoms with Gasteiger partial charge >= 0.3 is 5.63 Å². The van der Waals surface area contributed by atoms with Crippen LogP contribution in [0.3, 0.4) is 0 Å². The minimum absolute atomic E-state index is 0.0329. The van der Waals surface area contributed by atoms with Crippen LogP contribution >= 0.6 is 0 Å². The number of aryl methyl sites for hydroxylation is 1. The van der Waals surface area contributed by atoms with Crippen LogP contribution in [-0.2, 0) is 0 Å². The molecule has 0 aliphatic heterocycles. The summed E-state index contributed by atoms with van der Waals surface area (Å²) in [6.45, 7) is 1.90. The molecule has 0 unspecified atom stereocenters. The summed E-state index contributed by atoms with van der Waals surface area (Å²) in [5, 5.41) is 4.76. The van der Waals surface area contributed by atoms with E-state index in [1.165, 1.54) is 0 Å². The van der Waals surface area contributed by atoms with E-state index in [4.69, 9.17) is 4.42 Å². The van der Waals surface area contributed by atoms with Crippen molar-refractivity contribution in [1.82, 2.24) is 4.98 Å². The number of fused-ring (bicyclic) bond motifs is 2. The smallest absolute Gasteiger partial charge is 0.344 e. The van der Waals surface area contributed by atoms with Crippen LogP contribution in [0.2, 0.25) is 0 Å². The van der Waals surface area contributed by atoms with Crippen LogP contribution < -0.4 is 10.9 Å². The van der Waals surface area contributed by atoms with Crippen LogP contribution in [0.5, 0.6) is 0 Å². The van der Waals surface area contributed by atoms with Crippen LogP contribution in [0.1, 0.15) is 16.1 Å². The van der Waals surface area contributed by atoms with Crippen LogP contribution in [0.25, 0.3) is 21.7 Å². The molecule has 0 fully saturated rings. The summed E-state index contributed by atoms with van der Waals surface area (Å²) in [5.41, 5.74) is 1.81. The highest BCUT2D eigenvalue weighted by Gasteiger charge is 2.13. The highest BCUT2D eigenvalue weighted by atomic mass is 16.4. The third-order valence-electron chi connectivity index (χ3n) is 3.99. The number of nitrogens with one attached hydrogen (secondary N) is 1. The number of hydrogen-bond donors (Lipinski definition) is 1. The average molecular weight is 330 g/mol. The fourth-order valence-electron chi connectivity index (χ4n) is 2.74. The molecule has 5 nitrogen and oxygen atoms in total. The van der Waals surface area contributed by atoms with E-state index in [0.29, 0.717) is 16.5 Å². The van der Waals surface area contributed by atoms with E-state index in [-0.39, 0.29) is 5.76 Å². The molecule has 2 aromatic heterocycles. The number of hydrogen-bond acceptors (Lipinski definition) is 4. The zero-order valence-electron chi connectivity index (χ0n) is 13.4. The van der Waals surface area contributed by atoms with Crippen molar-refractivity contribution in [3.05, 3.63) is 82.5 Å². The number of para-hydroxylation sites is 1. The van der Waals surface area contributed by atoms with Crippen LogP contribution in [0, 0.1) is 6.92 Å². The lowest BCUT2D eigenvalue weighted by molar-refractivity contribution is 0.0993. The Morgan fingerprint density at radius 1 is 1.04 bits per heavy atom. The van der Waals surface area contributed by atoms with Crippen molar-refractivity contribution in [2.75, 3.05) is 5.32 Å². The number of carbonyl (C=O) groups excluding carboxylic acids is 1. The summed E-state index contributed by atoms with van der Waals surface area (Å²) in [4.78, 5) is 28.9. The van der Waals surface area contributed by atoms with Gasteiger partial charge in [-0.2, -0.15) is 0 Å². The maximum Gasteiger partial charge on any atom is 0.344 e. The normalized spacial score (nSPS) is 10.9. The Bertz CT molecular complexity index is 1180. The second-order valence-corrected chi connectivity index (χ2v) is 5.86. The Hall–Kier alpha value is -3.47. The second-order valence-electron chi connectivity index (χ2n) is 5.86. The minimum Gasteiger partial charge on any atom is -0.417 e. The highest BCUT2D eigenvalue weighted by Crippen LogP contribution is 2.18. The summed E-state index contributed by atoms with van der Waals surface area (Å²) in [7, 11) is 0. The molecular formula is C20H14N2O3. The van der Waals surface area contributed by atoms with Gasteiger partial charge in [0.15, 0.2) is 5.76 Å². The molecule has 1 amide bonds. The van der Waals surface area contributed by atoms with Crippen LogP contribution in [0.15, 0.2) is 70.0 Å². The van der Waals surface area contributed by atoms with Gasteiger partial charge in [-0.25, -0.2) is 4.79 Å². The van der Waals surface area contributed by atoms with Crippen molar-refractivity contribution in [1.29, 1.82) is 0 Å². The first-order valence-electron chi connectivity index (χ1n) is 7.81. The summed E-state index contributed by atoms with van der Waals surface area (Å²) in [6.07, 6.45) is 1.57. The monoisotopic (exact) mass is 330 g/mol. The van der Waals surface area contributed by atoms with Gasteiger partial charge in [-0.3, -0.25) is 9.78 Å². The maximum atomic E-state index is 12.4.